The highest BCUT2D eigenvalue weighted by Crippen LogP contribution is 2.10. The molecule has 162 valence electrons. The molecule has 0 fully saturated rings. The van der Waals surface area contributed by atoms with Crippen LogP contribution in [0, 0.1) is 13.8 Å². The molecule has 0 saturated heterocycles. The van der Waals surface area contributed by atoms with Gasteiger partial charge in [-0.05, 0) is 61.4 Å². The number of guanidine groups is 1. The van der Waals surface area contributed by atoms with Crippen molar-refractivity contribution in [3.05, 3.63) is 105 Å². The van der Waals surface area contributed by atoms with Crippen LogP contribution in [0.4, 0.5) is 0 Å². The van der Waals surface area contributed by atoms with Crippen LogP contribution in [-0.4, -0.2) is 24.3 Å². The van der Waals surface area contributed by atoms with E-state index in [2.05, 4.69) is 26.0 Å². The highest BCUT2D eigenvalue weighted by molar-refractivity contribution is 6.30. The van der Waals surface area contributed by atoms with Gasteiger partial charge in [-0.1, -0.05) is 64.7 Å². The molecule has 0 bridgehead atoms. The van der Waals surface area contributed by atoms with E-state index in [0.717, 1.165) is 22.3 Å². The van der Waals surface area contributed by atoms with Crippen molar-refractivity contribution in [2.75, 3.05) is 0 Å². The van der Waals surface area contributed by atoms with Crippen molar-refractivity contribution in [2.24, 2.45) is 15.3 Å². The summed E-state index contributed by atoms with van der Waals surface area (Å²) in [7, 11) is 0. The minimum absolute atomic E-state index is 0.0737. The molecule has 3 aromatic rings. The van der Waals surface area contributed by atoms with Crippen molar-refractivity contribution in [1.82, 2.24) is 10.7 Å². The maximum Gasteiger partial charge on any atom is 0.258 e. The van der Waals surface area contributed by atoms with E-state index < -0.39 is 0 Å². The number of hydrogen-bond acceptors (Lipinski definition) is 4. The number of rotatable bonds is 5. The molecule has 0 aliphatic carbocycles. The SMILES string of the molecule is Cc1cc(C)cc(C(=O)NC(=NN=Cc2ccc(Cl)cc2)NN=Cc2ccc(Cl)cc2)c1. The summed E-state index contributed by atoms with van der Waals surface area (Å²) >= 11 is 11.8. The standard InChI is InChI=1S/C24H21Cl2N5O/c1-16-11-17(2)13-20(12-16)23(32)29-24(30-27-14-18-3-7-21(25)8-4-18)31-28-15-19-5-9-22(26)10-6-19/h3-15H,1-2H3,(H2,29,30,31,32). The highest BCUT2D eigenvalue weighted by Gasteiger charge is 2.10. The van der Waals surface area contributed by atoms with E-state index in [1.807, 2.05) is 32.0 Å². The summed E-state index contributed by atoms with van der Waals surface area (Å²) in [6.45, 7) is 3.87. The van der Waals surface area contributed by atoms with E-state index in [9.17, 15) is 4.79 Å². The number of benzene rings is 3. The minimum atomic E-state index is -0.327. The predicted octanol–water partition coefficient (Wildman–Crippen LogP) is 5.35. The normalized spacial score (nSPS) is 11.8. The van der Waals surface area contributed by atoms with Crippen LogP contribution in [0.15, 0.2) is 82.0 Å². The van der Waals surface area contributed by atoms with Crippen molar-refractivity contribution >= 4 is 47.5 Å². The zero-order chi connectivity index (χ0) is 22.9. The Kier molecular flexibility index (Phi) is 8.14. The third-order valence-corrected chi connectivity index (χ3v) is 4.71. The summed E-state index contributed by atoms with van der Waals surface area (Å²) in [5, 5.41) is 16.2. The van der Waals surface area contributed by atoms with Crippen LogP contribution < -0.4 is 10.7 Å². The van der Waals surface area contributed by atoms with Gasteiger partial charge in [-0.15, -0.1) is 5.10 Å². The molecule has 8 heteroatoms. The van der Waals surface area contributed by atoms with Crippen LogP contribution in [0.2, 0.25) is 10.0 Å². The summed E-state index contributed by atoms with van der Waals surface area (Å²) in [6, 6.07) is 19.9. The number of amides is 1. The Labute approximate surface area is 196 Å². The van der Waals surface area contributed by atoms with Crippen molar-refractivity contribution in [3.63, 3.8) is 0 Å². The first-order chi connectivity index (χ1) is 15.4. The highest BCUT2D eigenvalue weighted by atomic mass is 35.5. The molecule has 0 unspecified atom stereocenters. The molecule has 0 atom stereocenters. The predicted molar refractivity (Wildman–Crippen MR) is 132 cm³/mol. The van der Waals surface area contributed by atoms with Gasteiger partial charge in [0.05, 0.1) is 12.4 Å². The monoisotopic (exact) mass is 465 g/mol. The van der Waals surface area contributed by atoms with Gasteiger partial charge in [0.25, 0.3) is 5.91 Å². The second-order valence-corrected chi connectivity index (χ2v) is 7.87. The van der Waals surface area contributed by atoms with E-state index >= 15 is 0 Å². The largest absolute Gasteiger partial charge is 0.290 e. The third kappa shape index (κ3) is 7.34. The fraction of sp³-hybridized carbons (Fsp3) is 0.0833. The molecule has 0 aliphatic rings. The number of carbonyl (C=O) groups excluding carboxylic acids is 1. The first-order valence-electron chi connectivity index (χ1n) is 9.70. The number of hydrogen-bond donors (Lipinski definition) is 2. The van der Waals surface area contributed by atoms with Crippen LogP contribution in [0.5, 0.6) is 0 Å². The minimum Gasteiger partial charge on any atom is -0.290 e. The van der Waals surface area contributed by atoms with Gasteiger partial charge in [0.15, 0.2) is 0 Å². The summed E-state index contributed by atoms with van der Waals surface area (Å²) in [5.41, 5.74) is 6.85. The van der Waals surface area contributed by atoms with Crippen LogP contribution in [0.25, 0.3) is 0 Å². The molecular formula is C24H21Cl2N5O. The lowest BCUT2D eigenvalue weighted by Gasteiger charge is -2.08. The van der Waals surface area contributed by atoms with E-state index in [1.54, 1.807) is 61.0 Å². The quantitative estimate of drug-likeness (QED) is 0.302. The molecule has 32 heavy (non-hydrogen) atoms. The lowest BCUT2D eigenvalue weighted by Crippen LogP contribution is -2.38. The summed E-state index contributed by atoms with van der Waals surface area (Å²) in [5.74, 6) is -0.254. The Morgan fingerprint density at radius 1 is 0.812 bits per heavy atom. The van der Waals surface area contributed by atoms with Gasteiger partial charge in [-0.3, -0.25) is 10.1 Å². The number of halogens is 2. The third-order valence-electron chi connectivity index (χ3n) is 4.20. The number of aryl methyl sites for hydroxylation is 2. The van der Waals surface area contributed by atoms with E-state index in [-0.39, 0.29) is 11.9 Å². The smallest absolute Gasteiger partial charge is 0.258 e. The van der Waals surface area contributed by atoms with Crippen molar-refractivity contribution < 1.29 is 4.79 Å². The first kappa shape index (κ1) is 23.2. The van der Waals surface area contributed by atoms with E-state index in [1.165, 1.54) is 0 Å². The molecule has 1 amide bonds. The van der Waals surface area contributed by atoms with Gasteiger partial charge in [0.2, 0.25) is 5.96 Å². The zero-order valence-electron chi connectivity index (χ0n) is 17.5. The number of carbonyl (C=O) groups is 1. The average molecular weight is 466 g/mol. The summed E-state index contributed by atoms with van der Waals surface area (Å²) in [6.07, 6.45) is 3.13. The molecule has 0 spiro atoms. The molecule has 6 nitrogen and oxygen atoms in total. The molecular weight excluding hydrogens is 445 g/mol. The molecule has 0 aliphatic heterocycles. The maximum absolute atomic E-state index is 12.7. The Bertz CT molecular complexity index is 1150. The number of hydrazone groups is 1. The molecule has 3 rings (SSSR count). The van der Waals surface area contributed by atoms with Crippen molar-refractivity contribution in [1.29, 1.82) is 0 Å². The summed E-state index contributed by atoms with van der Waals surface area (Å²) < 4.78 is 0. The summed E-state index contributed by atoms with van der Waals surface area (Å²) in [4.78, 5) is 12.7. The van der Waals surface area contributed by atoms with Crippen molar-refractivity contribution in [2.45, 2.75) is 13.8 Å². The number of nitrogens with zero attached hydrogens (tertiary/aromatic N) is 3. The average Bonchev–Trinajstić information content (AvgIpc) is 2.75. The van der Waals surface area contributed by atoms with Crippen LogP contribution in [0.1, 0.15) is 32.6 Å². The zero-order valence-corrected chi connectivity index (χ0v) is 19.0. The Morgan fingerprint density at radius 3 is 1.91 bits per heavy atom. The lowest BCUT2D eigenvalue weighted by molar-refractivity contribution is 0.0975. The molecule has 0 aromatic heterocycles. The first-order valence-corrected chi connectivity index (χ1v) is 10.5. The van der Waals surface area contributed by atoms with Gasteiger partial charge in [-0.2, -0.15) is 10.2 Å². The molecule has 0 heterocycles. The number of nitrogens with one attached hydrogen (secondary N) is 2. The molecule has 0 saturated carbocycles. The second kappa shape index (κ2) is 11.2. The second-order valence-electron chi connectivity index (χ2n) is 7.00. The van der Waals surface area contributed by atoms with Crippen LogP contribution in [-0.2, 0) is 0 Å². The lowest BCUT2D eigenvalue weighted by atomic mass is 10.1. The fourth-order valence-corrected chi connectivity index (χ4v) is 3.03. The Balaban J connectivity index is 1.77. The topological polar surface area (TPSA) is 78.2 Å². The van der Waals surface area contributed by atoms with Gasteiger partial charge in [0, 0.05) is 15.6 Å². The molecule has 2 N–H and O–H groups in total. The van der Waals surface area contributed by atoms with Crippen LogP contribution >= 0.6 is 23.2 Å². The fourth-order valence-electron chi connectivity index (χ4n) is 2.78. The molecule has 3 aromatic carbocycles. The van der Waals surface area contributed by atoms with E-state index in [4.69, 9.17) is 23.2 Å². The Morgan fingerprint density at radius 2 is 1.34 bits per heavy atom. The van der Waals surface area contributed by atoms with Gasteiger partial charge < -0.3 is 0 Å². The van der Waals surface area contributed by atoms with Gasteiger partial charge >= 0.3 is 0 Å². The van der Waals surface area contributed by atoms with Crippen LogP contribution in [0.3, 0.4) is 0 Å². The maximum atomic E-state index is 12.7. The Hall–Kier alpha value is -3.48. The van der Waals surface area contributed by atoms with Gasteiger partial charge in [0.1, 0.15) is 0 Å². The van der Waals surface area contributed by atoms with Crippen molar-refractivity contribution in [3.8, 4) is 0 Å². The van der Waals surface area contributed by atoms with Gasteiger partial charge in [-0.25, -0.2) is 5.43 Å². The van der Waals surface area contributed by atoms with E-state index in [0.29, 0.717) is 15.6 Å². The molecule has 0 radical (unpaired) electrons.